The van der Waals surface area contributed by atoms with Gasteiger partial charge in [0.15, 0.2) is 0 Å². The molecule has 0 aromatic carbocycles. The van der Waals surface area contributed by atoms with E-state index in [1.165, 1.54) is 0 Å². The summed E-state index contributed by atoms with van der Waals surface area (Å²) in [6, 6.07) is 0. The van der Waals surface area contributed by atoms with Crippen LogP contribution in [-0.4, -0.2) is 73.2 Å². The third-order valence-electron chi connectivity index (χ3n) is 2.12. The molecule has 0 aliphatic carbocycles. The highest BCUT2D eigenvalue weighted by Crippen LogP contribution is 2.16. The lowest BCUT2D eigenvalue weighted by Gasteiger charge is -2.10. The van der Waals surface area contributed by atoms with Crippen LogP contribution in [0.1, 0.15) is 13.8 Å². The minimum Gasteiger partial charge on any atom is -0.465 e. The molecule has 0 saturated heterocycles. The van der Waals surface area contributed by atoms with Crippen LogP contribution in [-0.2, 0) is 19.0 Å². The van der Waals surface area contributed by atoms with Crippen LogP contribution in [0.15, 0.2) is 0 Å². The average Bonchev–Trinajstić information content (AvgIpc) is 2.43. The summed E-state index contributed by atoms with van der Waals surface area (Å²) in [6.45, 7) is 6.58. The molecule has 0 bridgehead atoms. The Kier molecular flexibility index (Phi) is 15.5. The largest absolute Gasteiger partial charge is 0.465 e. The van der Waals surface area contributed by atoms with Crippen LogP contribution in [0.25, 0.3) is 0 Å². The first-order valence-corrected chi connectivity index (χ1v) is 9.02. The van der Waals surface area contributed by atoms with E-state index in [2.05, 4.69) is 6.92 Å². The number of esters is 1. The zero-order chi connectivity index (χ0) is 15.1. The van der Waals surface area contributed by atoms with E-state index < -0.39 is 0 Å². The number of carbonyl (C=O) groups is 1. The molecule has 20 heavy (non-hydrogen) atoms. The van der Waals surface area contributed by atoms with Gasteiger partial charge in [0.05, 0.1) is 45.4 Å². The number of thioether (sulfide) groups is 2. The molecule has 1 N–H and O–H groups in total. The SMILES string of the molecule is CCOC(=O)CSC(C)CSCCOCCOCCO. The van der Waals surface area contributed by atoms with E-state index in [9.17, 15) is 4.79 Å². The first-order chi connectivity index (χ1) is 9.70. The second kappa shape index (κ2) is 15.4. The van der Waals surface area contributed by atoms with E-state index in [-0.39, 0.29) is 12.6 Å². The van der Waals surface area contributed by atoms with Crippen molar-refractivity contribution in [1.29, 1.82) is 0 Å². The van der Waals surface area contributed by atoms with Crippen molar-refractivity contribution in [3.63, 3.8) is 0 Å². The predicted octanol–water partition coefficient (Wildman–Crippen LogP) is 1.43. The highest BCUT2D eigenvalue weighted by Gasteiger charge is 2.07. The summed E-state index contributed by atoms with van der Waals surface area (Å²) in [5, 5.41) is 8.93. The number of rotatable bonds is 14. The summed E-state index contributed by atoms with van der Waals surface area (Å²) in [5.74, 6) is 2.22. The molecule has 0 heterocycles. The van der Waals surface area contributed by atoms with Gasteiger partial charge in [-0.05, 0) is 6.92 Å². The second-order valence-electron chi connectivity index (χ2n) is 3.95. The molecular weight excluding hydrogens is 300 g/mol. The fourth-order valence-corrected chi connectivity index (χ4v) is 3.13. The molecule has 5 nitrogen and oxygen atoms in total. The highest BCUT2D eigenvalue weighted by molar-refractivity contribution is 8.03. The molecule has 1 unspecified atom stereocenters. The molecule has 1 atom stereocenters. The molecule has 0 radical (unpaired) electrons. The van der Waals surface area contributed by atoms with Gasteiger partial charge < -0.3 is 19.3 Å². The van der Waals surface area contributed by atoms with Gasteiger partial charge in [-0.25, -0.2) is 0 Å². The lowest BCUT2D eigenvalue weighted by molar-refractivity contribution is -0.139. The number of ether oxygens (including phenoxy) is 3. The van der Waals surface area contributed by atoms with Crippen LogP contribution >= 0.6 is 23.5 Å². The van der Waals surface area contributed by atoms with Gasteiger partial charge in [0.1, 0.15) is 0 Å². The summed E-state index contributed by atoms with van der Waals surface area (Å²) < 4.78 is 15.3. The topological polar surface area (TPSA) is 65.0 Å². The number of aliphatic hydroxyl groups excluding tert-OH is 1. The smallest absolute Gasteiger partial charge is 0.315 e. The molecule has 0 aliphatic rings. The van der Waals surface area contributed by atoms with Crippen molar-refractivity contribution in [2.24, 2.45) is 0 Å². The maximum atomic E-state index is 11.2. The average molecular weight is 326 g/mol. The van der Waals surface area contributed by atoms with E-state index in [1.807, 2.05) is 18.7 Å². The molecule has 0 saturated carbocycles. The van der Waals surface area contributed by atoms with Crippen molar-refractivity contribution in [2.45, 2.75) is 19.1 Å². The Hall–Kier alpha value is 0.0500. The van der Waals surface area contributed by atoms with Gasteiger partial charge in [-0.15, -0.1) is 11.8 Å². The van der Waals surface area contributed by atoms with Crippen LogP contribution in [0.2, 0.25) is 0 Å². The summed E-state index contributed by atoms with van der Waals surface area (Å²) in [4.78, 5) is 11.2. The first-order valence-electron chi connectivity index (χ1n) is 6.82. The fraction of sp³-hybridized carbons (Fsp3) is 0.923. The van der Waals surface area contributed by atoms with Gasteiger partial charge in [0.2, 0.25) is 0 Å². The predicted molar refractivity (Wildman–Crippen MR) is 84.6 cm³/mol. The third kappa shape index (κ3) is 14.5. The Labute approximate surface area is 130 Å². The van der Waals surface area contributed by atoms with Crippen LogP contribution in [0.4, 0.5) is 0 Å². The van der Waals surface area contributed by atoms with Crippen molar-refractivity contribution in [3.8, 4) is 0 Å². The van der Waals surface area contributed by atoms with E-state index >= 15 is 0 Å². The maximum Gasteiger partial charge on any atom is 0.315 e. The van der Waals surface area contributed by atoms with Gasteiger partial charge in [-0.2, -0.15) is 11.8 Å². The van der Waals surface area contributed by atoms with Gasteiger partial charge >= 0.3 is 5.97 Å². The molecule has 0 aromatic heterocycles. The molecular formula is C13H26O5S2. The van der Waals surface area contributed by atoms with Gasteiger partial charge in [-0.3, -0.25) is 4.79 Å². The van der Waals surface area contributed by atoms with E-state index in [0.717, 1.165) is 11.5 Å². The van der Waals surface area contributed by atoms with E-state index in [4.69, 9.17) is 19.3 Å². The minimum absolute atomic E-state index is 0.0528. The van der Waals surface area contributed by atoms with Crippen molar-refractivity contribution in [1.82, 2.24) is 0 Å². The Morgan fingerprint density at radius 3 is 2.55 bits per heavy atom. The van der Waals surface area contributed by atoms with Crippen molar-refractivity contribution >= 4 is 29.5 Å². The lowest BCUT2D eigenvalue weighted by Crippen LogP contribution is -2.12. The minimum atomic E-state index is -0.138. The number of aliphatic hydroxyl groups is 1. The summed E-state index contributed by atoms with van der Waals surface area (Å²) in [5.41, 5.74) is 0. The normalized spacial score (nSPS) is 12.3. The Morgan fingerprint density at radius 2 is 1.90 bits per heavy atom. The monoisotopic (exact) mass is 326 g/mol. The van der Waals surface area contributed by atoms with Crippen LogP contribution in [0.5, 0.6) is 0 Å². The maximum absolute atomic E-state index is 11.2. The molecule has 0 rings (SSSR count). The molecule has 0 aliphatic heterocycles. The van der Waals surface area contributed by atoms with Gasteiger partial charge in [0.25, 0.3) is 0 Å². The molecule has 0 spiro atoms. The summed E-state index contributed by atoms with van der Waals surface area (Å²) >= 11 is 3.44. The molecule has 0 amide bonds. The van der Waals surface area contributed by atoms with E-state index in [0.29, 0.717) is 44.0 Å². The molecule has 0 fully saturated rings. The Balaban J connectivity index is 3.23. The number of hydrogen-bond donors (Lipinski definition) is 1. The van der Waals surface area contributed by atoms with Crippen molar-refractivity contribution < 1.29 is 24.1 Å². The molecule has 7 heteroatoms. The molecule has 0 aromatic rings. The lowest BCUT2D eigenvalue weighted by atomic mass is 10.6. The third-order valence-corrected chi connectivity index (χ3v) is 4.66. The summed E-state index contributed by atoms with van der Waals surface area (Å²) in [6.07, 6.45) is 0. The number of carbonyl (C=O) groups excluding carboxylic acids is 1. The summed E-state index contributed by atoms with van der Waals surface area (Å²) in [7, 11) is 0. The van der Waals surface area contributed by atoms with Crippen LogP contribution in [0.3, 0.4) is 0 Å². The van der Waals surface area contributed by atoms with Gasteiger partial charge in [0, 0.05) is 16.8 Å². The second-order valence-corrected chi connectivity index (χ2v) is 6.53. The highest BCUT2D eigenvalue weighted by atomic mass is 32.2. The van der Waals surface area contributed by atoms with Crippen LogP contribution < -0.4 is 0 Å². The number of hydrogen-bond acceptors (Lipinski definition) is 7. The Bertz CT molecular complexity index is 229. The fourth-order valence-electron chi connectivity index (χ4n) is 1.21. The zero-order valence-electron chi connectivity index (χ0n) is 12.3. The van der Waals surface area contributed by atoms with Crippen molar-refractivity contribution in [2.75, 3.05) is 56.9 Å². The van der Waals surface area contributed by atoms with Crippen LogP contribution in [0, 0.1) is 0 Å². The van der Waals surface area contributed by atoms with Crippen molar-refractivity contribution in [3.05, 3.63) is 0 Å². The standard InChI is InChI=1S/C13H26O5S2/c1-3-18-13(15)11-20-12(2)10-19-9-8-17-7-6-16-5-4-14/h12,14H,3-11H2,1-2H3. The van der Waals surface area contributed by atoms with Gasteiger partial charge in [-0.1, -0.05) is 6.92 Å². The zero-order valence-corrected chi connectivity index (χ0v) is 14.0. The first kappa shape index (κ1) is 20.1. The van der Waals surface area contributed by atoms with E-state index in [1.54, 1.807) is 11.8 Å². The Morgan fingerprint density at radius 1 is 1.20 bits per heavy atom. The quantitative estimate of drug-likeness (QED) is 0.383. The molecule has 120 valence electrons.